The van der Waals surface area contributed by atoms with Gasteiger partial charge in [0, 0.05) is 19.5 Å². The maximum Gasteiger partial charge on any atom is 0.232 e. The number of hydrogen-bond donors (Lipinski definition) is 1. The van der Waals surface area contributed by atoms with E-state index in [1.807, 2.05) is 0 Å². The zero-order chi connectivity index (χ0) is 19.7. The van der Waals surface area contributed by atoms with Gasteiger partial charge in [-0.05, 0) is 69.6 Å². The van der Waals surface area contributed by atoms with Crippen molar-refractivity contribution in [2.75, 3.05) is 50.4 Å². The van der Waals surface area contributed by atoms with E-state index < -0.39 is 10.0 Å². The summed E-state index contributed by atoms with van der Waals surface area (Å²) in [5.74, 6) is 0.639. The second-order valence-corrected chi connectivity index (χ2v) is 8.80. The molecule has 1 heterocycles. The lowest BCUT2D eigenvalue weighted by atomic mass is 10.2. The first-order valence-electron chi connectivity index (χ1n) is 9.51. The van der Waals surface area contributed by atoms with Crippen molar-refractivity contribution in [3.05, 3.63) is 24.3 Å². The molecule has 8 heteroatoms. The van der Waals surface area contributed by atoms with Crippen LogP contribution in [-0.2, 0) is 14.8 Å². The Hall–Kier alpha value is -1.80. The van der Waals surface area contributed by atoms with Crippen molar-refractivity contribution in [3.8, 4) is 5.75 Å². The largest absolute Gasteiger partial charge is 0.497 e. The highest BCUT2D eigenvalue weighted by molar-refractivity contribution is 7.92. The van der Waals surface area contributed by atoms with E-state index >= 15 is 0 Å². The summed E-state index contributed by atoms with van der Waals surface area (Å²) in [6.07, 6.45) is 5.46. The van der Waals surface area contributed by atoms with Crippen molar-refractivity contribution < 1.29 is 17.9 Å². The number of hydrogen-bond acceptors (Lipinski definition) is 5. The summed E-state index contributed by atoms with van der Waals surface area (Å²) in [6, 6.07) is 6.86. The predicted octanol–water partition coefficient (Wildman–Crippen LogP) is 1.84. The van der Waals surface area contributed by atoms with Crippen LogP contribution in [-0.4, -0.2) is 65.3 Å². The second kappa shape index (κ2) is 10.5. The molecule has 0 atom stereocenters. The van der Waals surface area contributed by atoms with Crippen LogP contribution in [0.3, 0.4) is 0 Å². The monoisotopic (exact) mass is 397 g/mol. The zero-order valence-corrected chi connectivity index (χ0v) is 17.1. The van der Waals surface area contributed by atoms with Crippen LogP contribution in [0.25, 0.3) is 0 Å². The molecule has 1 aromatic carbocycles. The van der Waals surface area contributed by atoms with Gasteiger partial charge in [-0.15, -0.1) is 0 Å². The van der Waals surface area contributed by atoms with Crippen LogP contribution in [0.1, 0.15) is 32.1 Å². The van der Waals surface area contributed by atoms with Crippen molar-refractivity contribution >= 4 is 21.6 Å². The summed E-state index contributed by atoms with van der Waals surface area (Å²) >= 11 is 0. The number of rotatable bonds is 11. The van der Waals surface area contributed by atoms with Crippen LogP contribution >= 0.6 is 0 Å². The third kappa shape index (κ3) is 7.38. The molecule has 0 spiro atoms. The Morgan fingerprint density at radius 3 is 2.44 bits per heavy atom. The highest BCUT2D eigenvalue weighted by atomic mass is 32.2. The Kier molecular flexibility index (Phi) is 8.37. The fourth-order valence-electron chi connectivity index (χ4n) is 3.24. The first kappa shape index (κ1) is 21.5. The van der Waals surface area contributed by atoms with Crippen molar-refractivity contribution in [3.63, 3.8) is 0 Å². The molecule has 1 aliphatic rings. The van der Waals surface area contributed by atoms with Gasteiger partial charge in [0.15, 0.2) is 0 Å². The molecule has 1 N–H and O–H groups in total. The van der Waals surface area contributed by atoms with Crippen molar-refractivity contribution in [2.45, 2.75) is 32.1 Å². The van der Waals surface area contributed by atoms with E-state index in [0.717, 1.165) is 13.0 Å². The summed E-state index contributed by atoms with van der Waals surface area (Å²) in [4.78, 5) is 14.4. The standard InChI is InChI=1S/C19H31N3O4S/c1-26-18-10-8-17(9-11-18)22(27(2,24)25)16-5-7-19(23)20-12-6-15-21-13-3-4-14-21/h8-11H,3-7,12-16H2,1-2H3,(H,20,23). The molecule has 7 nitrogen and oxygen atoms in total. The topological polar surface area (TPSA) is 79.0 Å². The summed E-state index contributed by atoms with van der Waals surface area (Å²) < 4.78 is 30.6. The van der Waals surface area contributed by atoms with Crippen LogP contribution in [0.5, 0.6) is 5.75 Å². The number of amides is 1. The first-order valence-corrected chi connectivity index (χ1v) is 11.4. The number of nitrogens with zero attached hydrogens (tertiary/aromatic N) is 2. The second-order valence-electron chi connectivity index (χ2n) is 6.89. The molecule has 2 rings (SSSR count). The molecule has 0 radical (unpaired) electrons. The number of carbonyl (C=O) groups is 1. The van der Waals surface area contributed by atoms with E-state index in [-0.39, 0.29) is 12.5 Å². The molecule has 0 saturated carbocycles. The summed E-state index contributed by atoms with van der Waals surface area (Å²) in [7, 11) is -1.85. The number of anilines is 1. The molecule has 27 heavy (non-hydrogen) atoms. The molecule has 0 unspecified atom stereocenters. The number of sulfonamides is 1. The average molecular weight is 398 g/mol. The Labute approximate surface area is 162 Å². The van der Waals surface area contributed by atoms with Gasteiger partial charge < -0.3 is 15.0 Å². The first-order chi connectivity index (χ1) is 12.9. The maximum absolute atomic E-state index is 12.1. The molecule has 0 aliphatic carbocycles. The third-order valence-electron chi connectivity index (χ3n) is 4.70. The van der Waals surface area contributed by atoms with E-state index in [1.165, 1.54) is 36.5 Å². The van der Waals surface area contributed by atoms with Crippen molar-refractivity contribution in [1.29, 1.82) is 0 Å². The molecule has 1 fully saturated rings. The van der Waals surface area contributed by atoms with Gasteiger partial charge in [-0.25, -0.2) is 8.42 Å². The summed E-state index contributed by atoms with van der Waals surface area (Å²) in [6.45, 7) is 4.30. The van der Waals surface area contributed by atoms with Gasteiger partial charge in [-0.3, -0.25) is 9.10 Å². The van der Waals surface area contributed by atoms with E-state index in [9.17, 15) is 13.2 Å². The lowest BCUT2D eigenvalue weighted by Crippen LogP contribution is -2.32. The number of likely N-dealkylation sites (tertiary alicyclic amines) is 1. The minimum absolute atomic E-state index is 0.0281. The number of ether oxygens (including phenoxy) is 1. The summed E-state index contributed by atoms with van der Waals surface area (Å²) in [5.41, 5.74) is 0.573. The van der Waals surface area contributed by atoms with Gasteiger partial charge in [-0.1, -0.05) is 0 Å². The average Bonchev–Trinajstić information content (AvgIpc) is 3.15. The lowest BCUT2D eigenvalue weighted by Gasteiger charge is -2.22. The predicted molar refractivity (Wildman–Crippen MR) is 108 cm³/mol. The molecule has 0 bridgehead atoms. The van der Waals surface area contributed by atoms with Gasteiger partial charge in [0.25, 0.3) is 0 Å². The quantitative estimate of drug-likeness (QED) is 0.577. The van der Waals surface area contributed by atoms with Gasteiger partial charge in [-0.2, -0.15) is 0 Å². The van der Waals surface area contributed by atoms with Crippen LogP contribution < -0.4 is 14.4 Å². The van der Waals surface area contributed by atoms with E-state index in [4.69, 9.17) is 4.74 Å². The number of carbonyl (C=O) groups excluding carboxylic acids is 1. The highest BCUT2D eigenvalue weighted by Crippen LogP contribution is 2.21. The minimum atomic E-state index is -3.41. The Morgan fingerprint density at radius 1 is 1.19 bits per heavy atom. The van der Waals surface area contributed by atoms with Crippen LogP contribution in [0.4, 0.5) is 5.69 Å². The molecular formula is C19H31N3O4S. The maximum atomic E-state index is 12.1. The SMILES string of the molecule is COc1ccc(N(CCCC(=O)NCCCN2CCCC2)S(C)(=O)=O)cc1. The van der Waals surface area contributed by atoms with E-state index in [2.05, 4.69) is 10.2 Å². The van der Waals surface area contributed by atoms with Crippen LogP contribution in [0, 0.1) is 0 Å². The molecule has 1 aliphatic heterocycles. The molecule has 1 amide bonds. The number of methoxy groups -OCH3 is 1. The van der Waals surface area contributed by atoms with Crippen molar-refractivity contribution in [1.82, 2.24) is 10.2 Å². The lowest BCUT2D eigenvalue weighted by molar-refractivity contribution is -0.121. The third-order valence-corrected chi connectivity index (χ3v) is 5.89. The summed E-state index contributed by atoms with van der Waals surface area (Å²) in [5, 5.41) is 2.92. The Bertz CT molecular complexity index is 685. The van der Waals surface area contributed by atoms with Gasteiger partial charge in [0.2, 0.25) is 15.9 Å². The fraction of sp³-hybridized carbons (Fsp3) is 0.632. The van der Waals surface area contributed by atoms with Crippen LogP contribution in [0.15, 0.2) is 24.3 Å². The molecular weight excluding hydrogens is 366 g/mol. The normalized spacial score (nSPS) is 14.9. The smallest absolute Gasteiger partial charge is 0.232 e. The minimum Gasteiger partial charge on any atom is -0.497 e. The Morgan fingerprint density at radius 2 is 1.85 bits per heavy atom. The Balaban J connectivity index is 1.73. The number of nitrogens with one attached hydrogen (secondary N) is 1. The highest BCUT2D eigenvalue weighted by Gasteiger charge is 2.17. The van der Waals surface area contributed by atoms with E-state index in [1.54, 1.807) is 31.4 Å². The van der Waals surface area contributed by atoms with Gasteiger partial charge in [0.05, 0.1) is 19.1 Å². The molecule has 152 valence electrons. The number of benzene rings is 1. The van der Waals surface area contributed by atoms with Crippen molar-refractivity contribution in [2.24, 2.45) is 0 Å². The molecule has 1 saturated heterocycles. The fourth-order valence-corrected chi connectivity index (χ4v) is 4.21. The van der Waals surface area contributed by atoms with Gasteiger partial charge >= 0.3 is 0 Å². The van der Waals surface area contributed by atoms with Crippen LogP contribution in [0.2, 0.25) is 0 Å². The molecule has 0 aromatic heterocycles. The van der Waals surface area contributed by atoms with Gasteiger partial charge in [0.1, 0.15) is 5.75 Å². The zero-order valence-electron chi connectivity index (χ0n) is 16.3. The molecule has 1 aromatic rings. The van der Waals surface area contributed by atoms with E-state index in [0.29, 0.717) is 30.8 Å².